The van der Waals surface area contributed by atoms with Crippen LogP contribution in [0, 0.1) is 6.92 Å². The molecule has 0 aliphatic heterocycles. The molecule has 0 saturated heterocycles. The highest BCUT2D eigenvalue weighted by atomic mass is 35.5. The second-order valence-electron chi connectivity index (χ2n) is 5.33. The fourth-order valence-corrected chi connectivity index (χ4v) is 4.06. The van der Waals surface area contributed by atoms with Gasteiger partial charge >= 0.3 is 0 Å². The fourth-order valence-electron chi connectivity index (χ4n) is 2.40. The highest BCUT2D eigenvalue weighted by Crippen LogP contribution is 2.21. The Bertz CT molecular complexity index is 997. The Hall–Kier alpha value is -1.88. The van der Waals surface area contributed by atoms with Crippen LogP contribution in [0.4, 0.5) is 0 Å². The van der Waals surface area contributed by atoms with Crippen LogP contribution in [0.5, 0.6) is 0 Å². The van der Waals surface area contributed by atoms with Crippen molar-refractivity contribution >= 4 is 50.7 Å². The van der Waals surface area contributed by atoms with Gasteiger partial charge in [-0.3, -0.25) is 4.79 Å². The van der Waals surface area contributed by atoms with Gasteiger partial charge in [0.15, 0.2) is 4.80 Å². The number of carbonyl (C=O) groups excluding carboxylic acids is 1. The van der Waals surface area contributed by atoms with Crippen molar-refractivity contribution in [2.75, 3.05) is 0 Å². The molecule has 6 heteroatoms. The Kier molecular flexibility index (Phi) is 4.90. The molecule has 1 amide bonds. The van der Waals surface area contributed by atoms with E-state index in [1.807, 2.05) is 23.6 Å². The molecule has 0 aliphatic rings. The number of rotatable bonds is 3. The molecule has 3 nitrogen and oxygen atoms in total. The standard InChI is InChI=1S/C18H14Cl2N2OS/c1-3-6-22-15-5-4-11(2)7-16(15)24-18(22)21-17(23)12-8-13(19)10-14(20)9-12/h3-5,7-10H,1,6H2,2H3. The zero-order chi connectivity index (χ0) is 17.3. The van der Waals surface area contributed by atoms with E-state index in [2.05, 4.69) is 17.6 Å². The van der Waals surface area contributed by atoms with Gasteiger partial charge in [-0.1, -0.05) is 46.7 Å². The minimum Gasteiger partial charge on any atom is -0.312 e. The third-order valence-electron chi connectivity index (χ3n) is 3.46. The van der Waals surface area contributed by atoms with E-state index < -0.39 is 0 Å². The Balaban J connectivity index is 2.16. The molecule has 0 bridgehead atoms. The predicted octanol–water partition coefficient (Wildman–Crippen LogP) is 5.25. The Morgan fingerprint density at radius 1 is 1.25 bits per heavy atom. The normalized spacial score (nSPS) is 11.9. The van der Waals surface area contributed by atoms with E-state index in [0.717, 1.165) is 15.8 Å². The van der Waals surface area contributed by atoms with Gasteiger partial charge in [0, 0.05) is 22.2 Å². The molecule has 0 fully saturated rings. The minimum atomic E-state index is -0.375. The van der Waals surface area contributed by atoms with Crippen molar-refractivity contribution in [2.24, 2.45) is 4.99 Å². The number of aryl methyl sites for hydroxylation is 1. The summed E-state index contributed by atoms with van der Waals surface area (Å²) in [5.41, 5.74) is 2.56. The summed E-state index contributed by atoms with van der Waals surface area (Å²) in [6.45, 7) is 6.39. The molecule has 2 aromatic carbocycles. The third-order valence-corrected chi connectivity index (χ3v) is 4.93. The monoisotopic (exact) mass is 376 g/mol. The van der Waals surface area contributed by atoms with E-state index in [4.69, 9.17) is 23.2 Å². The smallest absolute Gasteiger partial charge is 0.279 e. The number of nitrogens with zero attached hydrogens (tertiary/aromatic N) is 2. The third kappa shape index (κ3) is 3.46. The fraction of sp³-hybridized carbons (Fsp3) is 0.111. The van der Waals surface area contributed by atoms with Gasteiger partial charge in [-0.2, -0.15) is 4.99 Å². The van der Waals surface area contributed by atoms with Crippen LogP contribution in [-0.2, 0) is 6.54 Å². The molecule has 1 heterocycles. The lowest BCUT2D eigenvalue weighted by Crippen LogP contribution is -2.16. The van der Waals surface area contributed by atoms with Crippen molar-refractivity contribution in [1.82, 2.24) is 4.57 Å². The highest BCUT2D eigenvalue weighted by molar-refractivity contribution is 7.16. The van der Waals surface area contributed by atoms with Crippen LogP contribution >= 0.6 is 34.5 Å². The quantitative estimate of drug-likeness (QED) is 0.575. The van der Waals surface area contributed by atoms with Crippen molar-refractivity contribution < 1.29 is 4.79 Å². The average molecular weight is 377 g/mol. The van der Waals surface area contributed by atoms with Crippen LogP contribution in [0.2, 0.25) is 10.0 Å². The van der Waals surface area contributed by atoms with Crippen molar-refractivity contribution in [1.29, 1.82) is 0 Å². The average Bonchev–Trinajstić information content (AvgIpc) is 2.83. The number of benzene rings is 2. The summed E-state index contributed by atoms with van der Waals surface area (Å²) in [5.74, 6) is -0.375. The lowest BCUT2D eigenvalue weighted by atomic mass is 10.2. The number of fused-ring (bicyclic) bond motifs is 1. The largest absolute Gasteiger partial charge is 0.312 e. The number of carbonyl (C=O) groups is 1. The molecule has 1 aromatic heterocycles. The molecule has 3 aromatic rings. The molecule has 0 aliphatic carbocycles. The van der Waals surface area contributed by atoms with Crippen molar-refractivity contribution in [3.63, 3.8) is 0 Å². The zero-order valence-corrected chi connectivity index (χ0v) is 15.3. The van der Waals surface area contributed by atoms with Crippen LogP contribution in [0.25, 0.3) is 10.2 Å². The van der Waals surface area contributed by atoms with Gasteiger partial charge < -0.3 is 4.57 Å². The molecule has 0 N–H and O–H groups in total. The predicted molar refractivity (Wildman–Crippen MR) is 101 cm³/mol. The van der Waals surface area contributed by atoms with Gasteiger partial charge in [0.25, 0.3) is 5.91 Å². The van der Waals surface area contributed by atoms with E-state index in [-0.39, 0.29) is 5.91 Å². The second kappa shape index (κ2) is 6.93. The van der Waals surface area contributed by atoms with Gasteiger partial charge in [-0.15, -0.1) is 6.58 Å². The number of amides is 1. The summed E-state index contributed by atoms with van der Waals surface area (Å²) in [7, 11) is 0. The van der Waals surface area contributed by atoms with Crippen molar-refractivity contribution in [2.45, 2.75) is 13.5 Å². The maximum Gasteiger partial charge on any atom is 0.279 e. The molecule has 3 rings (SSSR count). The van der Waals surface area contributed by atoms with Gasteiger partial charge in [0.2, 0.25) is 0 Å². The van der Waals surface area contributed by atoms with Crippen molar-refractivity contribution in [3.05, 3.63) is 75.0 Å². The van der Waals surface area contributed by atoms with E-state index >= 15 is 0 Å². The van der Waals surface area contributed by atoms with Crippen molar-refractivity contribution in [3.8, 4) is 0 Å². The van der Waals surface area contributed by atoms with Gasteiger partial charge in [0.05, 0.1) is 10.2 Å². The molecular formula is C18H14Cl2N2OS. The molecule has 24 heavy (non-hydrogen) atoms. The molecule has 0 spiro atoms. The number of hydrogen-bond donors (Lipinski definition) is 0. The van der Waals surface area contributed by atoms with E-state index in [1.165, 1.54) is 11.3 Å². The minimum absolute atomic E-state index is 0.367. The maximum absolute atomic E-state index is 12.5. The summed E-state index contributed by atoms with van der Waals surface area (Å²) < 4.78 is 3.05. The summed E-state index contributed by atoms with van der Waals surface area (Å²) >= 11 is 13.4. The van der Waals surface area contributed by atoms with Crippen LogP contribution in [0.1, 0.15) is 15.9 Å². The second-order valence-corrected chi connectivity index (χ2v) is 7.21. The number of allylic oxidation sites excluding steroid dienone is 1. The Labute approximate surface area is 153 Å². The van der Waals surface area contributed by atoms with Gasteiger partial charge in [-0.05, 0) is 42.8 Å². The Morgan fingerprint density at radius 2 is 1.96 bits per heavy atom. The summed E-state index contributed by atoms with van der Waals surface area (Å²) in [4.78, 5) is 17.4. The lowest BCUT2D eigenvalue weighted by molar-refractivity contribution is 0.0998. The molecule has 0 radical (unpaired) electrons. The van der Waals surface area contributed by atoms with E-state index in [1.54, 1.807) is 24.3 Å². The molecule has 0 atom stereocenters. The summed E-state index contributed by atoms with van der Waals surface area (Å²) in [6.07, 6.45) is 1.78. The first-order chi connectivity index (χ1) is 11.5. The summed E-state index contributed by atoms with van der Waals surface area (Å²) in [6, 6.07) is 10.9. The van der Waals surface area contributed by atoms with Crippen LogP contribution in [0.15, 0.2) is 54.0 Å². The first-order valence-electron chi connectivity index (χ1n) is 7.24. The molecule has 0 saturated carbocycles. The van der Waals surface area contributed by atoms with E-state index in [0.29, 0.717) is 27.0 Å². The zero-order valence-electron chi connectivity index (χ0n) is 12.9. The van der Waals surface area contributed by atoms with Crippen LogP contribution in [-0.4, -0.2) is 10.5 Å². The highest BCUT2D eigenvalue weighted by Gasteiger charge is 2.10. The first kappa shape index (κ1) is 17.0. The summed E-state index contributed by atoms with van der Waals surface area (Å²) in [5, 5.41) is 0.818. The van der Waals surface area contributed by atoms with Crippen LogP contribution < -0.4 is 4.80 Å². The first-order valence-corrected chi connectivity index (χ1v) is 8.81. The molecule has 0 unspecified atom stereocenters. The molecule has 122 valence electrons. The van der Waals surface area contributed by atoms with E-state index in [9.17, 15) is 4.79 Å². The number of halogens is 2. The van der Waals surface area contributed by atoms with Gasteiger partial charge in [0.1, 0.15) is 0 Å². The maximum atomic E-state index is 12.5. The number of hydrogen-bond acceptors (Lipinski definition) is 2. The lowest BCUT2D eigenvalue weighted by Gasteiger charge is -2.01. The number of aromatic nitrogens is 1. The SMILES string of the molecule is C=CCn1c(=NC(=O)c2cc(Cl)cc(Cl)c2)sc2cc(C)ccc21. The number of thiazole rings is 1. The molecular weight excluding hydrogens is 363 g/mol. The Morgan fingerprint density at radius 3 is 2.62 bits per heavy atom. The van der Waals surface area contributed by atoms with Gasteiger partial charge in [-0.25, -0.2) is 0 Å². The topological polar surface area (TPSA) is 34.4 Å². The van der Waals surface area contributed by atoms with Crippen LogP contribution in [0.3, 0.4) is 0 Å².